The van der Waals surface area contributed by atoms with Crippen LogP contribution in [0.25, 0.3) is 0 Å². The Labute approximate surface area is 137 Å². The second-order valence-corrected chi connectivity index (χ2v) is 7.62. The highest BCUT2D eigenvalue weighted by atomic mass is 127. The van der Waals surface area contributed by atoms with E-state index in [9.17, 15) is 8.42 Å². The molecule has 0 unspecified atom stereocenters. The van der Waals surface area contributed by atoms with Gasteiger partial charge >= 0.3 is 0 Å². The molecule has 2 aromatic rings. The minimum Gasteiger partial charge on any atom is -0.280 e. The van der Waals surface area contributed by atoms with Gasteiger partial charge in [0.15, 0.2) is 0 Å². The van der Waals surface area contributed by atoms with E-state index < -0.39 is 10.0 Å². The number of rotatable bonds is 3. The van der Waals surface area contributed by atoms with Gasteiger partial charge in [0.25, 0.3) is 10.0 Å². The van der Waals surface area contributed by atoms with Gasteiger partial charge in [-0.1, -0.05) is 11.6 Å². The molecule has 0 atom stereocenters. The molecule has 4 nitrogen and oxygen atoms in total. The Hall–Kier alpha value is -0.380. The lowest BCUT2D eigenvalue weighted by Crippen LogP contribution is -2.13. The fraction of sp³-hybridized carbons (Fsp3) is 0. The van der Waals surface area contributed by atoms with Crippen molar-refractivity contribution >= 4 is 65.8 Å². The first-order valence-corrected chi connectivity index (χ1v) is 8.71. The number of aromatic nitrogens is 1. The predicted molar refractivity (Wildman–Crippen MR) is 86.9 cm³/mol. The number of sulfonamides is 1. The lowest BCUT2D eigenvalue weighted by atomic mass is 10.3. The summed E-state index contributed by atoms with van der Waals surface area (Å²) >= 11 is 11.3. The van der Waals surface area contributed by atoms with E-state index in [0.29, 0.717) is 5.69 Å². The zero-order valence-corrected chi connectivity index (χ0v) is 14.6. The molecule has 0 fully saturated rings. The number of halogens is 3. The molecule has 0 aliphatic carbocycles. The minimum absolute atomic E-state index is 0.0467. The average molecular weight is 474 g/mol. The van der Waals surface area contributed by atoms with E-state index in [0.717, 1.165) is 8.04 Å². The van der Waals surface area contributed by atoms with Crippen molar-refractivity contribution in [1.82, 2.24) is 4.98 Å². The van der Waals surface area contributed by atoms with Crippen molar-refractivity contribution < 1.29 is 8.42 Å². The van der Waals surface area contributed by atoms with E-state index in [1.807, 2.05) is 0 Å². The van der Waals surface area contributed by atoms with E-state index in [1.54, 1.807) is 18.2 Å². The minimum atomic E-state index is -3.74. The maximum atomic E-state index is 12.2. The van der Waals surface area contributed by atoms with Gasteiger partial charge in [0.2, 0.25) is 0 Å². The van der Waals surface area contributed by atoms with Crippen molar-refractivity contribution in [3.05, 3.63) is 49.7 Å². The number of hydrogen-bond acceptors (Lipinski definition) is 3. The summed E-state index contributed by atoms with van der Waals surface area (Å²) in [5.41, 5.74) is 0.465. The van der Waals surface area contributed by atoms with E-state index in [4.69, 9.17) is 11.6 Å². The summed E-state index contributed by atoms with van der Waals surface area (Å²) < 4.78 is 28.6. The van der Waals surface area contributed by atoms with Crippen molar-refractivity contribution in [3.8, 4) is 0 Å². The van der Waals surface area contributed by atoms with Crippen molar-refractivity contribution in [1.29, 1.82) is 0 Å². The SMILES string of the molecule is O=S(=O)(Nc1ccc(Br)c(I)c1)c1cnccc1Cl. The van der Waals surface area contributed by atoms with Gasteiger partial charge < -0.3 is 0 Å². The van der Waals surface area contributed by atoms with Crippen LogP contribution in [0.5, 0.6) is 0 Å². The van der Waals surface area contributed by atoms with Gasteiger partial charge in [0.05, 0.1) is 5.02 Å². The molecule has 0 aliphatic rings. The quantitative estimate of drug-likeness (QED) is 0.688. The fourth-order valence-corrected chi connectivity index (χ4v) is 3.57. The Morgan fingerprint density at radius 3 is 2.68 bits per heavy atom. The highest BCUT2D eigenvalue weighted by molar-refractivity contribution is 14.1. The van der Waals surface area contributed by atoms with Gasteiger partial charge in [-0.25, -0.2) is 8.42 Å². The Morgan fingerprint density at radius 2 is 2.05 bits per heavy atom. The van der Waals surface area contributed by atoms with Crippen LogP contribution in [-0.2, 0) is 10.0 Å². The summed E-state index contributed by atoms with van der Waals surface area (Å²) in [6.45, 7) is 0. The molecule has 2 rings (SSSR count). The smallest absolute Gasteiger partial charge is 0.264 e. The molecule has 1 N–H and O–H groups in total. The van der Waals surface area contributed by atoms with E-state index in [1.165, 1.54) is 18.5 Å². The number of anilines is 1. The van der Waals surface area contributed by atoms with Gasteiger partial charge in [0, 0.05) is 26.1 Å². The van der Waals surface area contributed by atoms with Crippen LogP contribution in [0.1, 0.15) is 0 Å². The van der Waals surface area contributed by atoms with Crippen LogP contribution >= 0.6 is 50.1 Å². The van der Waals surface area contributed by atoms with Crippen molar-refractivity contribution in [2.24, 2.45) is 0 Å². The molecular weight excluding hydrogens is 466 g/mol. The van der Waals surface area contributed by atoms with Crippen molar-refractivity contribution in [3.63, 3.8) is 0 Å². The molecule has 0 spiro atoms. The number of pyridine rings is 1. The third-order valence-corrected chi connectivity index (χ3v) is 6.37. The van der Waals surface area contributed by atoms with E-state index >= 15 is 0 Å². The molecule has 8 heteroatoms. The third-order valence-electron chi connectivity index (χ3n) is 2.20. The van der Waals surface area contributed by atoms with Crippen LogP contribution in [0.2, 0.25) is 5.02 Å². The van der Waals surface area contributed by atoms with Crippen LogP contribution in [0, 0.1) is 3.57 Å². The van der Waals surface area contributed by atoms with Gasteiger partial charge in [-0.05, 0) is 62.8 Å². The fourth-order valence-electron chi connectivity index (χ4n) is 1.33. The maximum Gasteiger partial charge on any atom is 0.264 e. The summed E-state index contributed by atoms with van der Waals surface area (Å²) in [5, 5.41) is 0.134. The first-order chi connectivity index (χ1) is 8.90. The van der Waals surface area contributed by atoms with Crippen molar-refractivity contribution in [2.45, 2.75) is 4.90 Å². The largest absolute Gasteiger partial charge is 0.280 e. The van der Waals surface area contributed by atoms with Crippen LogP contribution < -0.4 is 4.72 Å². The van der Waals surface area contributed by atoms with Crippen LogP contribution in [0.4, 0.5) is 5.69 Å². The molecule has 19 heavy (non-hydrogen) atoms. The molecule has 1 heterocycles. The number of nitrogens with one attached hydrogen (secondary N) is 1. The molecule has 0 bridgehead atoms. The predicted octanol–water partition coefficient (Wildman–Crippen LogP) is 3.90. The monoisotopic (exact) mass is 472 g/mol. The zero-order valence-electron chi connectivity index (χ0n) is 9.27. The highest BCUT2D eigenvalue weighted by Gasteiger charge is 2.18. The molecule has 1 aromatic carbocycles. The molecule has 0 radical (unpaired) electrons. The third kappa shape index (κ3) is 3.59. The molecule has 0 amide bonds. The number of hydrogen-bond donors (Lipinski definition) is 1. The van der Waals surface area contributed by atoms with Crippen LogP contribution in [0.3, 0.4) is 0 Å². The second kappa shape index (κ2) is 5.94. The maximum absolute atomic E-state index is 12.2. The molecule has 1 aromatic heterocycles. The normalized spacial score (nSPS) is 11.3. The number of nitrogens with zero attached hydrogens (tertiary/aromatic N) is 1. The van der Waals surface area contributed by atoms with E-state index in [-0.39, 0.29) is 9.92 Å². The second-order valence-electron chi connectivity index (χ2n) is 3.54. The molecular formula is C11H7BrClIN2O2S. The lowest BCUT2D eigenvalue weighted by Gasteiger charge is -2.09. The summed E-state index contributed by atoms with van der Waals surface area (Å²) in [6.07, 6.45) is 2.65. The topological polar surface area (TPSA) is 59.1 Å². The Morgan fingerprint density at radius 1 is 1.32 bits per heavy atom. The van der Waals surface area contributed by atoms with Crippen LogP contribution in [-0.4, -0.2) is 13.4 Å². The molecule has 100 valence electrons. The Balaban J connectivity index is 2.37. The summed E-state index contributed by atoms with van der Waals surface area (Å²) in [4.78, 5) is 3.73. The van der Waals surface area contributed by atoms with Gasteiger partial charge in [-0.2, -0.15) is 0 Å². The first kappa shape index (κ1) is 15.0. The standard InChI is InChI=1S/C11H7BrClIN2O2S/c12-8-2-1-7(5-10(8)14)16-19(17,18)11-6-15-4-3-9(11)13/h1-6,16H. The van der Waals surface area contributed by atoms with Crippen molar-refractivity contribution in [2.75, 3.05) is 4.72 Å². The molecule has 0 saturated carbocycles. The Kier molecular flexibility index (Phi) is 4.70. The van der Waals surface area contributed by atoms with E-state index in [2.05, 4.69) is 48.2 Å². The summed E-state index contributed by atoms with van der Waals surface area (Å²) in [5.74, 6) is 0. The van der Waals surface area contributed by atoms with Gasteiger partial charge in [-0.3, -0.25) is 9.71 Å². The van der Waals surface area contributed by atoms with Gasteiger partial charge in [-0.15, -0.1) is 0 Å². The summed E-state index contributed by atoms with van der Waals surface area (Å²) in [6, 6.07) is 6.58. The highest BCUT2D eigenvalue weighted by Crippen LogP contribution is 2.26. The Bertz CT molecular complexity index is 724. The zero-order chi connectivity index (χ0) is 14.0. The molecule has 0 aliphatic heterocycles. The summed E-state index contributed by atoms with van der Waals surface area (Å²) in [7, 11) is -3.74. The average Bonchev–Trinajstić information content (AvgIpc) is 2.34. The first-order valence-electron chi connectivity index (χ1n) is 4.97. The number of benzene rings is 1. The lowest BCUT2D eigenvalue weighted by molar-refractivity contribution is 0.601. The molecule has 0 saturated heterocycles. The van der Waals surface area contributed by atoms with Gasteiger partial charge in [0.1, 0.15) is 4.90 Å². The van der Waals surface area contributed by atoms with Crippen LogP contribution in [0.15, 0.2) is 46.0 Å².